The average molecular weight is 607 g/mol. The fourth-order valence-corrected chi connectivity index (χ4v) is 5.79. The summed E-state index contributed by atoms with van der Waals surface area (Å²) in [5.74, 6) is -0.846. The van der Waals surface area contributed by atoms with Crippen LogP contribution in [0.25, 0.3) is 0 Å². The number of rotatable bonds is 10. The molecule has 0 heterocycles. The van der Waals surface area contributed by atoms with E-state index in [2.05, 4.69) is 21.2 Å². The van der Waals surface area contributed by atoms with Gasteiger partial charge in [0.05, 0.1) is 10.6 Å². The van der Waals surface area contributed by atoms with Crippen molar-refractivity contribution >= 4 is 55.1 Å². The third-order valence-corrected chi connectivity index (χ3v) is 8.42. The van der Waals surface area contributed by atoms with Gasteiger partial charge in [0.2, 0.25) is 11.8 Å². The molecule has 1 N–H and O–H groups in total. The molecule has 3 aromatic carbocycles. The molecule has 3 aromatic rings. The van der Waals surface area contributed by atoms with Crippen molar-refractivity contribution in [1.82, 2.24) is 10.2 Å². The molecule has 0 saturated carbocycles. The minimum atomic E-state index is -4.11. The number of hydrogen-bond donors (Lipinski definition) is 1. The second-order valence-electron chi connectivity index (χ2n) is 8.49. The fourth-order valence-electron chi connectivity index (χ4n) is 3.87. The molecule has 0 aliphatic heterocycles. The molecular weight excluding hydrogens is 578 g/mol. The number of amides is 2. The van der Waals surface area contributed by atoms with E-state index in [0.29, 0.717) is 21.6 Å². The predicted octanol–water partition coefficient (Wildman–Crippen LogP) is 5.16. The van der Waals surface area contributed by atoms with Gasteiger partial charge in [-0.15, -0.1) is 0 Å². The molecule has 0 radical (unpaired) electrons. The average Bonchev–Trinajstić information content (AvgIpc) is 2.88. The van der Waals surface area contributed by atoms with Crippen molar-refractivity contribution in [3.05, 3.63) is 93.4 Å². The first-order valence-corrected chi connectivity index (χ1v) is 14.3. The summed E-state index contributed by atoms with van der Waals surface area (Å²) in [6.45, 7) is 3.29. The monoisotopic (exact) mass is 605 g/mol. The first-order chi connectivity index (χ1) is 17.6. The number of benzene rings is 3. The van der Waals surface area contributed by atoms with E-state index >= 15 is 0 Å². The van der Waals surface area contributed by atoms with E-state index in [0.717, 1.165) is 15.4 Å². The maximum Gasteiger partial charge on any atom is 0.264 e. The SMILES string of the molecule is CC[C@@H](C(=O)NC)N(Cc1ccc(Cl)cc1)C(=O)CN(c1cccc(Br)c1)S(=O)(=O)c1ccc(C)cc1. The number of carbonyl (C=O) groups excluding carboxylic acids is 2. The van der Waals surface area contributed by atoms with Crippen molar-refractivity contribution in [3.8, 4) is 0 Å². The van der Waals surface area contributed by atoms with Crippen LogP contribution in [0.2, 0.25) is 5.02 Å². The lowest BCUT2D eigenvalue weighted by Crippen LogP contribution is -2.51. The number of anilines is 1. The molecule has 0 spiro atoms. The van der Waals surface area contributed by atoms with Crippen molar-refractivity contribution < 1.29 is 18.0 Å². The Bertz CT molecular complexity index is 1350. The molecule has 3 rings (SSSR count). The van der Waals surface area contributed by atoms with Crippen LogP contribution in [0.15, 0.2) is 82.2 Å². The number of halogens is 2. The number of sulfonamides is 1. The summed E-state index contributed by atoms with van der Waals surface area (Å²) >= 11 is 9.41. The standard InChI is InChI=1S/C27H29BrClN3O4S/c1-4-25(27(34)30-3)31(17-20-10-12-22(29)13-11-20)26(33)18-32(23-7-5-6-21(28)16-23)37(35,36)24-14-8-19(2)9-15-24/h5-16,25H,4,17-18H2,1-3H3,(H,30,34)/t25-/m0/s1. The van der Waals surface area contributed by atoms with Gasteiger partial charge in [0, 0.05) is 23.1 Å². The van der Waals surface area contributed by atoms with Gasteiger partial charge in [-0.25, -0.2) is 8.42 Å². The lowest BCUT2D eigenvalue weighted by Gasteiger charge is -2.33. The minimum absolute atomic E-state index is 0.0634. The van der Waals surface area contributed by atoms with Crippen molar-refractivity contribution in [2.24, 2.45) is 0 Å². The molecule has 0 bridgehead atoms. The number of carbonyl (C=O) groups is 2. The zero-order chi connectivity index (χ0) is 27.2. The molecular formula is C27H29BrClN3O4S. The molecule has 0 aliphatic rings. The quantitative estimate of drug-likeness (QED) is 0.346. The fraction of sp³-hybridized carbons (Fsp3) is 0.259. The smallest absolute Gasteiger partial charge is 0.264 e. The number of aryl methyl sites for hydroxylation is 1. The lowest BCUT2D eigenvalue weighted by molar-refractivity contribution is -0.140. The Labute approximate surface area is 231 Å². The van der Waals surface area contributed by atoms with E-state index in [4.69, 9.17) is 11.6 Å². The Kier molecular flexibility index (Phi) is 9.75. The summed E-state index contributed by atoms with van der Waals surface area (Å²) in [6, 6.07) is 19.4. The molecule has 0 fully saturated rings. The van der Waals surface area contributed by atoms with E-state index in [1.807, 2.05) is 6.92 Å². The molecule has 196 valence electrons. The van der Waals surface area contributed by atoms with Gasteiger partial charge in [0.15, 0.2) is 0 Å². The van der Waals surface area contributed by atoms with Crippen LogP contribution < -0.4 is 9.62 Å². The highest BCUT2D eigenvalue weighted by Crippen LogP contribution is 2.27. The zero-order valence-corrected chi connectivity index (χ0v) is 24.0. The zero-order valence-electron chi connectivity index (χ0n) is 20.8. The first kappa shape index (κ1) is 28.7. The van der Waals surface area contributed by atoms with E-state index in [9.17, 15) is 18.0 Å². The molecule has 37 heavy (non-hydrogen) atoms. The van der Waals surface area contributed by atoms with Gasteiger partial charge in [-0.1, -0.05) is 70.3 Å². The van der Waals surface area contributed by atoms with Crippen molar-refractivity contribution in [2.75, 3.05) is 17.9 Å². The predicted molar refractivity (Wildman–Crippen MR) is 150 cm³/mol. The first-order valence-electron chi connectivity index (χ1n) is 11.7. The normalized spacial score (nSPS) is 12.0. The van der Waals surface area contributed by atoms with Gasteiger partial charge >= 0.3 is 0 Å². The van der Waals surface area contributed by atoms with Crippen LogP contribution in [0, 0.1) is 6.92 Å². The van der Waals surface area contributed by atoms with Gasteiger partial charge in [0.1, 0.15) is 12.6 Å². The Morgan fingerprint density at radius 1 is 1.03 bits per heavy atom. The summed E-state index contributed by atoms with van der Waals surface area (Å²) in [6.07, 6.45) is 0.348. The van der Waals surface area contributed by atoms with Crippen molar-refractivity contribution in [2.45, 2.75) is 37.8 Å². The van der Waals surface area contributed by atoms with Crippen LogP contribution in [0.4, 0.5) is 5.69 Å². The van der Waals surface area contributed by atoms with Crippen LogP contribution in [0.1, 0.15) is 24.5 Å². The Balaban J connectivity index is 2.05. The van der Waals surface area contributed by atoms with E-state index in [-0.39, 0.29) is 17.3 Å². The summed E-state index contributed by atoms with van der Waals surface area (Å²) < 4.78 is 29.3. The Hall–Kier alpha value is -2.88. The molecule has 1 atom stereocenters. The molecule has 0 unspecified atom stereocenters. The Morgan fingerprint density at radius 2 is 1.68 bits per heavy atom. The van der Waals surface area contributed by atoms with Crippen molar-refractivity contribution in [3.63, 3.8) is 0 Å². The van der Waals surface area contributed by atoms with Gasteiger partial charge in [0.25, 0.3) is 10.0 Å². The highest BCUT2D eigenvalue weighted by Gasteiger charge is 2.33. The minimum Gasteiger partial charge on any atom is -0.357 e. The number of nitrogens with one attached hydrogen (secondary N) is 1. The maximum atomic E-state index is 13.8. The number of likely N-dealkylation sites (N-methyl/N-ethyl adjacent to an activating group) is 1. The van der Waals surface area contributed by atoms with Crippen LogP contribution in [0.3, 0.4) is 0 Å². The number of nitrogens with zero attached hydrogens (tertiary/aromatic N) is 2. The third kappa shape index (κ3) is 7.12. The topological polar surface area (TPSA) is 86.8 Å². The highest BCUT2D eigenvalue weighted by molar-refractivity contribution is 9.10. The van der Waals surface area contributed by atoms with E-state index in [1.165, 1.54) is 24.1 Å². The molecule has 0 aliphatic carbocycles. The molecule has 0 saturated heterocycles. The van der Waals surface area contributed by atoms with Crippen LogP contribution >= 0.6 is 27.5 Å². The number of hydrogen-bond acceptors (Lipinski definition) is 4. The summed E-state index contributed by atoms with van der Waals surface area (Å²) in [5, 5.41) is 3.15. The molecule has 2 amide bonds. The third-order valence-electron chi connectivity index (χ3n) is 5.88. The highest BCUT2D eigenvalue weighted by atomic mass is 79.9. The summed E-state index contributed by atoms with van der Waals surface area (Å²) in [7, 11) is -2.60. The largest absolute Gasteiger partial charge is 0.357 e. The molecule has 7 nitrogen and oxygen atoms in total. The summed E-state index contributed by atoms with van der Waals surface area (Å²) in [4.78, 5) is 28.0. The van der Waals surface area contributed by atoms with Crippen LogP contribution in [-0.4, -0.2) is 44.8 Å². The van der Waals surface area contributed by atoms with Gasteiger partial charge in [-0.2, -0.15) is 0 Å². The van der Waals surface area contributed by atoms with Crippen LogP contribution in [0.5, 0.6) is 0 Å². The summed E-state index contributed by atoms with van der Waals surface area (Å²) in [5.41, 5.74) is 1.99. The lowest BCUT2D eigenvalue weighted by atomic mass is 10.1. The van der Waals surface area contributed by atoms with Gasteiger partial charge in [-0.05, 0) is 61.4 Å². The van der Waals surface area contributed by atoms with Gasteiger partial charge < -0.3 is 10.2 Å². The second kappa shape index (κ2) is 12.6. The van der Waals surface area contributed by atoms with E-state index in [1.54, 1.807) is 67.6 Å². The van der Waals surface area contributed by atoms with Crippen molar-refractivity contribution in [1.29, 1.82) is 0 Å². The van der Waals surface area contributed by atoms with E-state index < -0.39 is 28.5 Å². The van der Waals surface area contributed by atoms with Crippen LogP contribution in [-0.2, 0) is 26.2 Å². The Morgan fingerprint density at radius 3 is 2.24 bits per heavy atom. The van der Waals surface area contributed by atoms with Gasteiger partial charge in [-0.3, -0.25) is 13.9 Å². The maximum absolute atomic E-state index is 13.8. The second-order valence-corrected chi connectivity index (χ2v) is 11.7. The molecule has 10 heteroatoms. The molecule has 0 aromatic heterocycles.